The minimum Gasteiger partial charge on any atom is -0.397 e. The Kier molecular flexibility index (Phi) is 4.59. The highest BCUT2D eigenvalue weighted by atomic mass is 16.7. The van der Waals surface area contributed by atoms with Crippen LogP contribution in [0.4, 0.5) is 11.4 Å². The molecule has 5 heteroatoms. The van der Waals surface area contributed by atoms with Gasteiger partial charge in [-0.3, -0.25) is 15.1 Å². The van der Waals surface area contributed by atoms with Crippen molar-refractivity contribution >= 4 is 17.3 Å². The Morgan fingerprint density at radius 1 is 1.13 bits per heavy atom. The molecule has 3 rings (SSSR count). The minimum atomic E-state index is -0.259. The highest BCUT2D eigenvalue weighted by Crippen LogP contribution is 2.19. The molecule has 0 saturated carbocycles. The number of carbonyl (C=O) groups excluding carboxylic acids is 1. The lowest BCUT2D eigenvalue weighted by molar-refractivity contribution is -0.114. The highest BCUT2D eigenvalue weighted by molar-refractivity contribution is 6.04. The molecule has 0 spiro atoms. The van der Waals surface area contributed by atoms with Crippen LogP contribution in [0.3, 0.4) is 0 Å². The molecule has 2 aromatic rings. The van der Waals surface area contributed by atoms with E-state index in [0.717, 1.165) is 12.8 Å². The van der Waals surface area contributed by atoms with E-state index in [-0.39, 0.29) is 12.0 Å². The van der Waals surface area contributed by atoms with Gasteiger partial charge in [0.2, 0.25) is 0 Å². The van der Waals surface area contributed by atoms with Crippen LogP contribution in [0.2, 0.25) is 0 Å². The molecule has 23 heavy (non-hydrogen) atoms. The lowest BCUT2D eigenvalue weighted by Gasteiger charge is -2.08. The number of hydrogen-bond acceptors (Lipinski definition) is 4. The van der Waals surface area contributed by atoms with Gasteiger partial charge in [-0.05, 0) is 36.6 Å². The van der Waals surface area contributed by atoms with Gasteiger partial charge in [-0.2, -0.15) is 0 Å². The number of amides is 1. The molecule has 0 fully saturated rings. The fourth-order valence-corrected chi connectivity index (χ4v) is 2.41. The molecule has 1 aliphatic heterocycles. The van der Waals surface area contributed by atoms with E-state index in [0.29, 0.717) is 17.1 Å². The van der Waals surface area contributed by atoms with Crippen LogP contribution >= 0.6 is 0 Å². The summed E-state index contributed by atoms with van der Waals surface area (Å²) in [6, 6.07) is 17.3. The number of anilines is 2. The second kappa shape index (κ2) is 6.98. The molecule has 1 aliphatic rings. The number of aryl methyl sites for hydroxylation is 1. The Hall–Kier alpha value is -2.79. The third-order valence-corrected chi connectivity index (χ3v) is 3.69. The smallest absolute Gasteiger partial charge is 0.273 e. The number of hydrogen-bond donors (Lipinski definition) is 3. The van der Waals surface area contributed by atoms with Crippen molar-refractivity contribution in [1.82, 2.24) is 5.48 Å². The Bertz CT molecular complexity index is 713. The summed E-state index contributed by atoms with van der Waals surface area (Å²) in [7, 11) is 0. The molecule has 2 aromatic carbocycles. The van der Waals surface area contributed by atoms with Crippen LogP contribution in [0.15, 0.2) is 66.4 Å². The maximum atomic E-state index is 12.2. The molecule has 118 valence electrons. The van der Waals surface area contributed by atoms with Crippen LogP contribution in [0, 0.1) is 0 Å². The zero-order valence-electron chi connectivity index (χ0n) is 12.7. The van der Waals surface area contributed by atoms with Gasteiger partial charge in [0.05, 0.1) is 11.4 Å². The average Bonchev–Trinajstić information content (AvgIpc) is 3.05. The van der Waals surface area contributed by atoms with Gasteiger partial charge in [0.25, 0.3) is 5.91 Å². The first-order valence-electron chi connectivity index (χ1n) is 7.55. The number of nitrogen functional groups attached to an aromatic ring is 1. The van der Waals surface area contributed by atoms with Crippen LogP contribution in [-0.2, 0) is 16.1 Å². The summed E-state index contributed by atoms with van der Waals surface area (Å²) in [5.41, 5.74) is 11.3. The summed E-state index contributed by atoms with van der Waals surface area (Å²) >= 11 is 0. The average molecular weight is 309 g/mol. The summed E-state index contributed by atoms with van der Waals surface area (Å²) < 4.78 is 0. The van der Waals surface area contributed by atoms with E-state index in [4.69, 9.17) is 10.6 Å². The van der Waals surface area contributed by atoms with E-state index in [1.54, 1.807) is 18.2 Å². The van der Waals surface area contributed by atoms with E-state index >= 15 is 0 Å². The van der Waals surface area contributed by atoms with Crippen molar-refractivity contribution in [3.05, 3.63) is 71.9 Å². The van der Waals surface area contributed by atoms with Crippen molar-refractivity contribution in [2.45, 2.75) is 18.9 Å². The molecule has 1 amide bonds. The highest BCUT2D eigenvalue weighted by Gasteiger charge is 2.21. The van der Waals surface area contributed by atoms with Crippen molar-refractivity contribution in [2.75, 3.05) is 11.1 Å². The van der Waals surface area contributed by atoms with Crippen LogP contribution in [0.1, 0.15) is 12.0 Å². The number of rotatable bonds is 5. The summed E-state index contributed by atoms with van der Waals surface area (Å²) in [6.07, 6.45) is 3.38. The van der Waals surface area contributed by atoms with E-state index in [1.165, 1.54) is 5.56 Å². The first kappa shape index (κ1) is 15.1. The number of nitrogens with one attached hydrogen (secondary N) is 2. The summed E-state index contributed by atoms with van der Waals surface area (Å²) in [4.78, 5) is 17.7. The maximum Gasteiger partial charge on any atom is 0.273 e. The van der Waals surface area contributed by atoms with Crippen molar-refractivity contribution in [2.24, 2.45) is 0 Å². The minimum absolute atomic E-state index is 0.121. The Labute approximate surface area is 135 Å². The third-order valence-electron chi connectivity index (χ3n) is 3.69. The van der Waals surface area contributed by atoms with E-state index in [1.807, 2.05) is 30.3 Å². The molecule has 1 unspecified atom stereocenters. The zero-order valence-corrected chi connectivity index (χ0v) is 12.7. The number of hydroxylamine groups is 1. The molecule has 0 saturated heterocycles. The Balaban J connectivity index is 1.56. The zero-order chi connectivity index (χ0) is 16.1. The van der Waals surface area contributed by atoms with Crippen molar-refractivity contribution in [3.8, 4) is 0 Å². The van der Waals surface area contributed by atoms with Gasteiger partial charge in [-0.15, -0.1) is 0 Å². The number of carbonyl (C=O) groups is 1. The number of para-hydroxylation sites is 2. The quantitative estimate of drug-likeness (QED) is 0.742. The van der Waals surface area contributed by atoms with Gasteiger partial charge in [-0.1, -0.05) is 42.5 Å². The lowest BCUT2D eigenvalue weighted by atomic mass is 10.1. The van der Waals surface area contributed by atoms with Crippen molar-refractivity contribution in [3.63, 3.8) is 0 Å². The molecule has 0 aromatic heterocycles. The van der Waals surface area contributed by atoms with Crippen LogP contribution in [0.5, 0.6) is 0 Å². The molecule has 0 bridgehead atoms. The normalized spacial score (nSPS) is 16.5. The first-order chi connectivity index (χ1) is 11.2. The molecular weight excluding hydrogens is 290 g/mol. The van der Waals surface area contributed by atoms with E-state index in [9.17, 15) is 4.79 Å². The van der Waals surface area contributed by atoms with Gasteiger partial charge < -0.3 is 11.1 Å². The topological polar surface area (TPSA) is 76.4 Å². The maximum absolute atomic E-state index is 12.2. The molecule has 5 nitrogen and oxygen atoms in total. The molecular formula is C18H19N3O2. The van der Waals surface area contributed by atoms with Crippen LogP contribution < -0.4 is 16.5 Å². The molecule has 0 radical (unpaired) electrons. The second-order valence-corrected chi connectivity index (χ2v) is 5.40. The van der Waals surface area contributed by atoms with Gasteiger partial charge in [0.1, 0.15) is 11.8 Å². The van der Waals surface area contributed by atoms with Crippen molar-refractivity contribution < 1.29 is 9.63 Å². The third kappa shape index (κ3) is 3.90. The van der Waals surface area contributed by atoms with E-state index in [2.05, 4.69) is 22.9 Å². The van der Waals surface area contributed by atoms with E-state index < -0.39 is 0 Å². The predicted octanol–water partition coefficient (Wildman–Crippen LogP) is 2.63. The van der Waals surface area contributed by atoms with Gasteiger partial charge in [-0.25, -0.2) is 0 Å². The van der Waals surface area contributed by atoms with Gasteiger partial charge in [0.15, 0.2) is 0 Å². The Morgan fingerprint density at radius 2 is 1.87 bits per heavy atom. The summed E-state index contributed by atoms with van der Waals surface area (Å²) in [6.45, 7) is 0. The summed E-state index contributed by atoms with van der Waals surface area (Å²) in [5, 5.41) is 2.77. The number of nitrogens with two attached hydrogens (primary N) is 1. The molecule has 4 N–H and O–H groups in total. The molecule has 1 atom stereocenters. The Morgan fingerprint density at radius 3 is 2.65 bits per heavy atom. The second-order valence-electron chi connectivity index (χ2n) is 5.40. The largest absolute Gasteiger partial charge is 0.397 e. The standard InChI is InChI=1S/C18H19N3O2/c19-15-8-4-5-9-16(15)20-18(22)17-12-14(23-21-17)11-10-13-6-2-1-3-7-13/h1-9,12,14,21H,10-11,19H2,(H,20,22). The van der Waals surface area contributed by atoms with Crippen LogP contribution in [0.25, 0.3) is 0 Å². The summed E-state index contributed by atoms with van der Waals surface area (Å²) in [5.74, 6) is -0.259. The van der Waals surface area contributed by atoms with Gasteiger partial charge >= 0.3 is 0 Å². The monoisotopic (exact) mass is 309 g/mol. The van der Waals surface area contributed by atoms with Crippen molar-refractivity contribution in [1.29, 1.82) is 0 Å². The first-order valence-corrected chi connectivity index (χ1v) is 7.55. The van der Waals surface area contributed by atoms with Crippen LogP contribution in [-0.4, -0.2) is 12.0 Å². The fraction of sp³-hybridized carbons (Fsp3) is 0.167. The molecule has 0 aliphatic carbocycles. The fourth-order valence-electron chi connectivity index (χ4n) is 2.41. The predicted molar refractivity (Wildman–Crippen MR) is 90.3 cm³/mol. The molecule has 1 heterocycles. The van der Waals surface area contributed by atoms with Gasteiger partial charge in [0, 0.05) is 0 Å². The SMILES string of the molecule is Nc1ccccc1NC(=O)C1=CC(CCc2ccccc2)ON1. The number of benzene rings is 2. The lowest BCUT2D eigenvalue weighted by Crippen LogP contribution is -2.22.